The Morgan fingerprint density at radius 3 is 2.70 bits per heavy atom. The molecule has 1 aliphatic heterocycles. The normalized spacial score (nSPS) is 13.7. The first-order valence-electron chi connectivity index (χ1n) is 9.41. The minimum Gasteiger partial charge on any atom is -0.495 e. The van der Waals surface area contributed by atoms with E-state index in [2.05, 4.69) is 4.98 Å². The lowest BCUT2D eigenvalue weighted by molar-refractivity contribution is 0.0932. The zero-order valence-corrected chi connectivity index (χ0v) is 16.3. The lowest BCUT2D eigenvalue weighted by atomic mass is 9.99. The molecule has 1 unspecified atom stereocenters. The molecule has 2 heterocycles. The summed E-state index contributed by atoms with van der Waals surface area (Å²) in [5, 5.41) is 0. The van der Waals surface area contributed by atoms with Gasteiger partial charge < -0.3 is 19.9 Å². The van der Waals surface area contributed by atoms with Crippen LogP contribution >= 0.6 is 0 Å². The van der Waals surface area contributed by atoms with Crippen molar-refractivity contribution in [1.82, 2.24) is 4.98 Å². The Morgan fingerprint density at radius 2 is 1.97 bits per heavy atom. The maximum atomic E-state index is 12.1. The molecule has 1 atom stereocenters. The number of carbonyl (C=O) groups excluding carboxylic acids is 2. The molecule has 0 fully saturated rings. The Kier molecular flexibility index (Phi) is 5.34. The monoisotopic (exact) mass is 404 g/mol. The highest BCUT2D eigenvalue weighted by Gasteiger charge is 2.23. The van der Waals surface area contributed by atoms with Crippen LogP contribution in [0.25, 0.3) is 0 Å². The Morgan fingerprint density at radius 1 is 1.17 bits per heavy atom. The number of hydrogen-bond acceptors (Lipinski definition) is 6. The molecule has 7 heteroatoms. The van der Waals surface area contributed by atoms with Gasteiger partial charge in [0.2, 0.25) is 5.91 Å². The van der Waals surface area contributed by atoms with Crippen molar-refractivity contribution in [2.45, 2.75) is 12.5 Å². The number of benzene rings is 2. The summed E-state index contributed by atoms with van der Waals surface area (Å²) in [7, 11) is 1.56. The van der Waals surface area contributed by atoms with Crippen LogP contribution in [0.4, 0.5) is 0 Å². The number of carbonyl (C=O) groups is 2. The lowest BCUT2D eigenvalue weighted by Gasteiger charge is -2.23. The number of methoxy groups -OCH3 is 1. The molecule has 152 valence electrons. The second kappa shape index (κ2) is 8.24. The van der Waals surface area contributed by atoms with Gasteiger partial charge in [0.15, 0.2) is 11.9 Å². The van der Waals surface area contributed by atoms with E-state index in [0.717, 1.165) is 11.1 Å². The predicted octanol–water partition coefficient (Wildman–Crippen LogP) is 3.32. The maximum absolute atomic E-state index is 12.1. The fraction of sp³-hybridized carbons (Fsp3) is 0.174. The minimum atomic E-state index is -0.554. The van der Waals surface area contributed by atoms with Gasteiger partial charge in [-0.05, 0) is 35.9 Å². The topological polar surface area (TPSA) is 101 Å². The highest BCUT2D eigenvalue weighted by Crippen LogP contribution is 2.36. The van der Waals surface area contributed by atoms with Gasteiger partial charge in [-0.15, -0.1) is 0 Å². The van der Waals surface area contributed by atoms with Crippen LogP contribution in [0.5, 0.6) is 17.2 Å². The Labute approximate surface area is 173 Å². The number of fused-ring (bicyclic) bond motifs is 1. The first-order chi connectivity index (χ1) is 14.6. The first kappa shape index (κ1) is 19.4. The predicted molar refractivity (Wildman–Crippen MR) is 109 cm³/mol. The zero-order chi connectivity index (χ0) is 21.1. The zero-order valence-electron chi connectivity index (χ0n) is 16.3. The summed E-state index contributed by atoms with van der Waals surface area (Å²) in [5.41, 5.74) is 7.86. The molecule has 3 aromatic rings. The van der Waals surface area contributed by atoms with E-state index in [1.54, 1.807) is 62.0 Å². The Balaban J connectivity index is 1.74. The van der Waals surface area contributed by atoms with Crippen molar-refractivity contribution in [2.24, 2.45) is 5.73 Å². The third-order valence-corrected chi connectivity index (χ3v) is 4.91. The van der Waals surface area contributed by atoms with Crippen LogP contribution in [-0.2, 0) is 0 Å². The number of nitrogens with two attached hydrogens (primary N) is 1. The van der Waals surface area contributed by atoms with Crippen molar-refractivity contribution in [1.29, 1.82) is 0 Å². The number of pyridine rings is 1. The summed E-state index contributed by atoms with van der Waals surface area (Å²) >= 11 is 0. The van der Waals surface area contributed by atoms with Crippen molar-refractivity contribution in [2.75, 3.05) is 13.7 Å². The number of amides is 1. The van der Waals surface area contributed by atoms with Gasteiger partial charge >= 0.3 is 0 Å². The quantitative estimate of drug-likeness (QED) is 0.676. The van der Waals surface area contributed by atoms with Crippen LogP contribution in [0.3, 0.4) is 0 Å². The molecule has 0 spiro atoms. The highest BCUT2D eigenvalue weighted by atomic mass is 16.5. The first-order valence-corrected chi connectivity index (χ1v) is 9.41. The molecule has 30 heavy (non-hydrogen) atoms. The maximum Gasteiger partial charge on any atom is 0.248 e. The molecule has 0 aliphatic carbocycles. The van der Waals surface area contributed by atoms with Crippen molar-refractivity contribution >= 4 is 11.7 Å². The van der Waals surface area contributed by atoms with E-state index in [1.165, 1.54) is 0 Å². The second-order valence-corrected chi connectivity index (χ2v) is 6.78. The van der Waals surface area contributed by atoms with Crippen molar-refractivity contribution in [3.8, 4) is 17.2 Å². The van der Waals surface area contributed by atoms with E-state index in [4.69, 9.17) is 19.9 Å². The number of primary amides is 1. The highest BCUT2D eigenvalue weighted by molar-refractivity contribution is 5.99. The molecule has 2 aromatic carbocycles. The second-order valence-electron chi connectivity index (χ2n) is 6.78. The fourth-order valence-corrected chi connectivity index (χ4v) is 3.36. The molecule has 4 rings (SSSR count). The van der Waals surface area contributed by atoms with E-state index in [1.807, 2.05) is 6.07 Å². The van der Waals surface area contributed by atoms with Crippen LogP contribution < -0.4 is 19.9 Å². The third kappa shape index (κ3) is 3.82. The summed E-state index contributed by atoms with van der Waals surface area (Å²) in [6.07, 6.45) is 3.08. The number of Topliss-reactive ketones (excluding diaryl/α,β-unsaturated/α-hetero) is 1. The van der Waals surface area contributed by atoms with Crippen molar-refractivity contribution < 1.29 is 23.8 Å². The van der Waals surface area contributed by atoms with E-state index in [-0.39, 0.29) is 5.78 Å². The molecule has 0 bridgehead atoms. The number of hydrogen-bond donors (Lipinski definition) is 1. The molecule has 0 saturated carbocycles. The standard InChI is InChI=1S/C23H20N2O5/c1-28-21-13-25-10-8-18(21)22(14-2-4-15(5-3-14)23(24)27)30-16-6-7-17-19(26)9-11-29-20(17)12-16/h2-8,10,12-13,22H,9,11H2,1H3,(H2,24,27). The Bertz CT molecular complexity index is 1100. The molecular weight excluding hydrogens is 384 g/mol. The number of nitrogens with zero attached hydrogens (tertiary/aromatic N) is 1. The third-order valence-electron chi connectivity index (χ3n) is 4.91. The van der Waals surface area contributed by atoms with Gasteiger partial charge in [0, 0.05) is 29.8 Å². The van der Waals surface area contributed by atoms with E-state index in [0.29, 0.717) is 41.4 Å². The van der Waals surface area contributed by atoms with Gasteiger partial charge in [-0.2, -0.15) is 0 Å². The van der Waals surface area contributed by atoms with Crippen LogP contribution in [0, 0.1) is 0 Å². The summed E-state index contributed by atoms with van der Waals surface area (Å²) in [6, 6.07) is 13.8. The molecular formula is C23H20N2O5. The molecule has 0 radical (unpaired) electrons. The molecule has 2 N–H and O–H groups in total. The number of aromatic nitrogens is 1. The summed E-state index contributed by atoms with van der Waals surface area (Å²) < 4.78 is 17.4. The summed E-state index contributed by atoms with van der Waals surface area (Å²) in [4.78, 5) is 27.6. The van der Waals surface area contributed by atoms with Crippen molar-refractivity contribution in [3.05, 3.63) is 83.2 Å². The molecule has 7 nitrogen and oxygen atoms in total. The van der Waals surface area contributed by atoms with Crippen LogP contribution in [0.2, 0.25) is 0 Å². The van der Waals surface area contributed by atoms with Crippen molar-refractivity contribution in [3.63, 3.8) is 0 Å². The molecule has 1 aliphatic rings. The number of rotatable bonds is 6. The smallest absolute Gasteiger partial charge is 0.248 e. The van der Waals surface area contributed by atoms with Gasteiger partial charge in [-0.1, -0.05) is 12.1 Å². The van der Waals surface area contributed by atoms with Crippen LogP contribution in [0.1, 0.15) is 44.4 Å². The van der Waals surface area contributed by atoms with Crippen LogP contribution in [0.15, 0.2) is 60.9 Å². The van der Waals surface area contributed by atoms with Gasteiger partial charge in [-0.25, -0.2) is 0 Å². The van der Waals surface area contributed by atoms with Crippen LogP contribution in [-0.4, -0.2) is 30.4 Å². The van der Waals surface area contributed by atoms with E-state index < -0.39 is 12.0 Å². The lowest BCUT2D eigenvalue weighted by Crippen LogP contribution is -2.16. The van der Waals surface area contributed by atoms with Gasteiger partial charge in [0.25, 0.3) is 0 Å². The Hall–Kier alpha value is -3.87. The summed E-state index contributed by atoms with van der Waals surface area (Å²) in [5.74, 6) is 1.15. The molecule has 1 aromatic heterocycles. The van der Waals surface area contributed by atoms with E-state index >= 15 is 0 Å². The average molecular weight is 404 g/mol. The summed E-state index contributed by atoms with van der Waals surface area (Å²) in [6.45, 7) is 0.353. The largest absolute Gasteiger partial charge is 0.495 e. The number of ketones is 1. The average Bonchev–Trinajstić information content (AvgIpc) is 2.77. The van der Waals surface area contributed by atoms with Gasteiger partial charge in [-0.3, -0.25) is 14.6 Å². The fourth-order valence-electron chi connectivity index (χ4n) is 3.36. The van der Waals surface area contributed by atoms with Gasteiger partial charge in [0.05, 0.1) is 25.5 Å². The minimum absolute atomic E-state index is 0.0530. The SMILES string of the molecule is COc1cnccc1C(Oc1ccc2c(c1)OCCC2=O)c1ccc(C(N)=O)cc1. The number of ether oxygens (including phenoxy) is 3. The molecule has 0 saturated heterocycles. The van der Waals surface area contributed by atoms with E-state index in [9.17, 15) is 9.59 Å². The molecule has 1 amide bonds. The van der Waals surface area contributed by atoms with Gasteiger partial charge in [0.1, 0.15) is 17.2 Å².